The molecule has 1 saturated carbocycles. The van der Waals surface area contributed by atoms with Crippen LogP contribution in [0.3, 0.4) is 0 Å². The number of anilines is 1. The second-order valence-corrected chi connectivity index (χ2v) is 14.3. The van der Waals surface area contributed by atoms with E-state index in [1.807, 2.05) is 91.9 Å². The highest BCUT2D eigenvalue weighted by Crippen LogP contribution is 2.36. The van der Waals surface area contributed by atoms with Crippen molar-refractivity contribution in [3.8, 4) is 11.3 Å². The molecule has 5 aromatic rings. The van der Waals surface area contributed by atoms with Crippen LogP contribution in [-0.2, 0) is 22.6 Å². The smallest absolute Gasteiger partial charge is 0.410 e. The Hall–Kier alpha value is -4.52. The number of carbonyl (C=O) groups excluding carboxylic acids is 1. The van der Waals surface area contributed by atoms with E-state index in [9.17, 15) is 4.79 Å². The molecule has 1 saturated heterocycles. The number of halogens is 1. The third-order valence-electron chi connectivity index (χ3n) is 9.13. The summed E-state index contributed by atoms with van der Waals surface area (Å²) in [5, 5.41) is 13.5. The highest BCUT2D eigenvalue weighted by molar-refractivity contribution is 5.97. The molecule has 5 heterocycles. The SMILES string of the molecule is CN(C)c1cc(-c2cn(Cc3cn4cc(CN(CC5CCC5)C(=O)OC(C)(C)C)ccc4n3)nn2)c2c(F)nn(C3CCCCO3)c2c1. The zero-order valence-corrected chi connectivity index (χ0v) is 28.4. The number of fused-ring (bicyclic) bond motifs is 2. The Morgan fingerprint density at radius 3 is 2.62 bits per heavy atom. The van der Waals surface area contributed by atoms with Crippen molar-refractivity contribution in [1.29, 1.82) is 0 Å². The summed E-state index contributed by atoms with van der Waals surface area (Å²) in [6.45, 7) is 7.85. The molecule has 1 aliphatic heterocycles. The second-order valence-electron chi connectivity index (χ2n) is 14.3. The van der Waals surface area contributed by atoms with Gasteiger partial charge in [-0.15, -0.1) is 10.2 Å². The van der Waals surface area contributed by atoms with Gasteiger partial charge < -0.3 is 23.7 Å². The quantitative estimate of drug-likeness (QED) is 0.179. The Labute approximate surface area is 279 Å². The van der Waals surface area contributed by atoms with Crippen molar-refractivity contribution < 1.29 is 18.7 Å². The van der Waals surface area contributed by atoms with E-state index in [2.05, 4.69) is 15.4 Å². The zero-order chi connectivity index (χ0) is 33.6. The second kappa shape index (κ2) is 12.8. The molecule has 7 rings (SSSR count). The van der Waals surface area contributed by atoms with Gasteiger partial charge in [0.15, 0.2) is 6.23 Å². The lowest BCUT2D eigenvalue weighted by Crippen LogP contribution is -2.40. The maximum atomic E-state index is 15.5. The van der Waals surface area contributed by atoms with Crippen molar-refractivity contribution in [3.63, 3.8) is 0 Å². The van der Waals surface area contributed by atoms with Crippen LogP contribution in [0.1, 0.15) is 76.8 Å². The molecule has 0 spiro atoms. The van der Waals surface area contributed by atoms with Gasteiger partial charge in [-0.1, -0.05) is 17.7 Å². The first-order valence-corrected chi connectivity index (χ1v) is 16.9. The number of carbonyl (C=O) groups is 1. The van der Waals surface area contributed by atoms with Gasteiger partial charge in [0.1, 0.15) is 16.9 Å². The molecule has 13 heteroatoms. The first-order valence-electron chi connectivity index (χ1n) is 16.9. The van der Waals surface area contributed by atoms with Crippen LogP contribution in [0.2, 0.25) is 0 Å². The zero-order valence-electron chi connectivity index (χ0n) is 28.4. The van der Waals surface area contributed by atoms with Gasteiger partial charge in [-0.2, -0.15) is 4.39 Å². The average molecular weight is 658 g/mol. The highest BCUT2D eigenvalue weighted by atomic mass is 19.1. The molecule has 0 radical (unpaired) electrons. The summed E-state index contributed by atoms with van der Waals surface area (Å²) in [4.78, 5) is 21.7. The van der Waals surface area contributed by atoms with Gasteiger partial charge in [0.2, 0.25) is 5.95 Å². The number of pyridine rings is 1. The Balaban J connectivity index is 1.12. The van der Waals surface area contributed by atoms with Crippen LogP contribution in [0.25, 0.3) is 27.8 Å². The molecule has 2 aliphatic rings. The number of amides is 1. The molecule has 1 atom stereocenters. The van der Waals surface area contributed by atoms with E-state index < -0.39 is 11.5 Å². The Bertz CT molecular complexity index is 1930. The maximum absolute atomic E-state index is 15.5. The lowest BCUT2D eigenvalue weighted by Gasteiger charge is -2.33. The van der Waals surface area contributed by atoms with Crippen LogP contribution in [0, 0.1) is 11.9 Å². The first kappa shape index (κ1) is 32.0. The fourth-order valence-electron chi connectivity index (χ4n) is 6.47. The van der Waals surface area contributed by atoms with Gasteiger partial charge in [0.05, 0.1) is 35.9 Å². The number of imidazole rings is 1. The van der Waals surface area contributed by atoms with Crippen LogP contribution in [-0.4, -0.2) is 78.0 Å². The Morgan fingerprint density at radius 1 is 1.08 bits per heavy atom. The van der Waals surface area contributed by atoms with Crippen molar-refractivity contribution in [2.24, 2.45) is 5.92 Å². The van der Waals surface area contributed by atoms with Crippen LogP contribution in [0.5, 0.6) is 0 Å². The number of rotatable bonds is 9. The molecular weight excluding hydrogens is 613 g/mol. The van der Waals surface area contributed by atoms with E-state index in [-0.39, 0.29) is 12.3 Å². The van der Waals surface area contributed by atoms with E-state index in [1.54, 1.807) is 9.36 Å². The molecule has 0 N–H and O–H groups in total. The minimum Gasteiger partial charge on any atom is -0.444 e. The molecule has 1 unspecified atom stereocenters. The monoisotopic (exact) mass is 657 g/mol. The van der Waals surface area contributed by atoms with E-state index >= 15 is 4.39 Å². The van der Waals surface area contributed by atoms with Gasteiger partial charge in [-0.05, 0) is 82.6 Å². The molecule has 4 aromatic heterocycles. The molecule has 2 fully saturated rings. The van der Waals surface area contributed by atoms with E-state index in [0.717, 1.165) is 54.7 Å². The van der Waals surface area contributed by atoms with E-state index in [0.29, 0.717) is 54.3 Å². The number of ether oxygens (including phenoxy) is 2. The molecule has 1 amide bonds. The lowest BCUT2D eigenvalue weighted by molar-refractivity contribution is -0.0375. The minimum absolute atomic E-state index is 0.286. The minimum atomic E-state index is -0.555. The van der Waals surface area contributed by atoms with E-state index in [1.165, 1.54) is 6.42 Å². The van der Waals surface area contributed by atoms with Crippen molar-refractivity contribution in [2.45, 2.75) is 84.2 Å². The number of benzene rings is 1. The number of hydrogen-bond donors (Lipinski definition) is 0. The molecule has 0 bridgehead atoms. The normalized spacial score (nSPS) is 17.2. The molecule has 12 nitrogen and oxygen atoms in total. The summed E-state index contributed by atoms with van der Waals surface area (Å²) < 4.78 is 32.6. The molecule has 48 heavy (non-hydrogen) atoms. The van der Waals surface area contributed by atoms with Crippen LogP contribution in [0.4, 0.5) is 14.9 Å². The maximum Gasteiger partial charge on any atom is 0.410 e. The summed E-state index contributed by atoms with van der Waals surface area (Å²) in [5.74, 6) is -0.0307. The molecule has 1 aromatic carbocycles. The topological polar surface area (TPSA) is 108 Å². The van der Waals surface area contributed by atoms with Gasteiger partial charge in [0, 0.05) is 50.9 Å². The van der Waals surface area contributed by atoms with Crippen LogP contribution < -0.4 is 4.90 Å². The van der Waals surface area contributed by atoms with Gasteiger partial charge in [-0.3, -0.25) is 0 Å². The molecular formula is C35H44FN9O3. The fraction of sp³-hybridized carbons (Fsp3) is 0.514. The molecule has 254 valence electrons. The fourth-order valence-corrected chi connectivity index (χ4v) is 6.47. The average Bonchev–Trinajstić information content (AvgIpc) is 3.74. The summed E-state index contributed by atoms with van der Waals surface area (Å²) in [5.41, 5.74) is 4.76. The van der Waals surface area contributed by atoms with Gasteiger partial charge in [-0.25, -0.2) is 19.1 Å². The van der Waals surface area contributed by atoms with Crippen molar-refractivity contribution in [1.82, 2.24) is 39.1 Å². The van der Waals surface area contributed by atoms with Crippen molar-refractivity contribution >= 4 is 28.3 Å². The summed E-state index contributed by atoms with van der Waals surface area (Å²) >= 11 is 0. The predicted octanol–water partition coefficient (Wildman–Crippen LogP) is 6.43. The van der Waals surface area contributed by atoms with Crippen molar-refractivity contribution in [3.05, 3.63) is 60.1 Å². The Kier molecular flexibility index (Phi) is 8.57. The summed E-state index contributed by atoms with van der Waals surface area (Å²) in [6, 6.07) is 7.84. The number of nitrogens with zero attached hydrogens (tertiary/aromatic N) is 9. The predicted molar refractivity (Wildman–Crippen MR) is 180 cm³/mol. The standard InChI is InChI=1S/C35H44FN9O3/c1-35(2,3)48-34(46)43(17-23-9-8-10-23)19-24-12-13-30-37-25(20-42(30)18-24)21-44-22-28(38-40-44)27-15-26(41(4)5)16-29-32(27)33(36)39-45(29)31-11-6-7-14-47-31/h12-13,15-16,18,20,22-23,31H,6-11,14,17,19,21H2,1-5H3. The van der Waals surface area contributed by atoms with Gasteiger partial charge >= 0.3 is 6.09 Å². The number of hydrogen-bond acceptors (Lipinski definition) is 8. The third-order valence-corrected chi connectivity index (χ3v) is 9.13. The van der Waals surface area contributed by atoms with Gasteiger partial charge in [0.25, 0.3) is 0 Å². The van der Waals surface area contributed by atoms with Crippen LogP contribution >= 0.6 is 0 Å². The number of aromatic nitrogens is 7. The van der Waals surface area contributed by atoms with E-state index in [4.69, 9.17) is 14.5 Å². The third kappa shape index (κ3) is 6.73. The summed E-state index contributed by atoms with van der Waals surface area (Å²) in [6.07, 6.45) is 11.5. The molecule has 1 aliphatic carbocycles. The lowest BCUT2D eigenvalue weighted by atomic mass is 9.85. The Morgan fingerprint density at radius 2 is 1.92 bits per heavy atom. The largest absolute Gasteiger partial charge is 0.444 e. The van der Waals surface area contributed by atoms with Crippen molar-refractivity contribution in [2.75, 3.05) is 32.1 Å². The van der Waals surface area contributed by atoms with Crippen LogP contribution in [0.15, 0.2) is 42.9 Å². The first-order chi connectivity index (χ1) is 23.0. The summed E-state index contributed by atoms with van der Waals surface area (Å²) in [7, 11) is 3.91. The highest BCUT2D eigenvalue weighted by Gasteiger charge is 2.28.